The number of rotatable bonds is 2. The van der Waals surface area contributed by atoms with E-state index < -0.39 is 6.10 Å². The number of aliphatic hydroxyl groups excluding tert-OH is 1. The van der Waals surface area contributed by atoms with Gasteiger partial charge in [0.2, 0.25) is 0 Å². The summed E-state index contributed by atoms with van der Waals surface area (Å²) in [5, 5.41) is 19.9. The van der Waals surface area contributed by atoms with Gasteiger partial charge in [-0.15, -0.1) is 0 Å². The Hall–Kier alpha value is -2.21. The Labute approximate surface area is 121 Å². The molecule has 1 aromatic heterocycles. The molecule has 0 bridgehead atoms. The Morgan fingerprint density at radius 2 is 1.95 bits per heavy atom. The third-order valence-electron chi connectivity index (χ3n) is 3.96. The predicted molar refractivity (Wildman–Crippen MR) is 78.1 cm³/mol. The summed E-state index contributed by atoms with van der Waals surface area (Å²) < 4.78 is 0. The van der Waals surface area contributed by atoms with Crippen LogP contribution in [0.4, 0.5) is 0 Å². The fourth-order valence-electron chi connectivity index (χ4n) is 2.80. The predicted octanol–water partition coefficient (Wildman–Crippen LogP) is 0.956. The van der Waals surface area contributed by atoms with Gasteiger partial charge in [0.1, 0.15) is 0 Å². The number of aromatic nitrogens is 2. The molecular weight excluding hydrogens is 270 g/mol. The second-order valence-electron chi connectivity index (χ2n) is 5.38. The second kappa shape index (κ2) is 5.65. The first-order valence-corrected chi connectivity index (χ1v) is 7.13. The lowest BCUT2D eigenvalue weighted by molar-refractivity contribution is 0.0714. The lowest BCUT2D eigenvalue weighted by Crippen LogP contribution is -2.45. The van der Waals surface area contributed by atoms with Gasteiger partial charge in [0.25, 0.3) is 11.5 Å². The van der Waals surface area contributed by atoms with Crippen molar-refractivity contribution in [1.29, 1.82) is 0 Å². The highest BCUT2D eigenvalue weighted by Crippen LogP contribution is 2.19. The maximum Gasteiger partial charge on any atom is 0.272 e. The summed E-state index contributed by atoms with van der Waals surface area (Å²) in [6.45, 7) is 0. The lowest BCUT2D eigenvalue weighted by atomic mass is 9.92. The van der Waals surface area contributed by atoms with Crippen LogP contribution in [-0.4, -0.2) is 33.4 Å². The van der Waals surface area contributed by atoms with Crippen LogP contribution < -0.4 is 10.9 Å². The number of amides is 1. The zero-order chi connectivity index (χ0) is 14.8. The summed E-state index contributed by atoms with van der Waals surface area (Å²) in [6, 6.07) is 6.60. The summed E-state index contributed by atoms with van der Waals surface area (Å²) in [7, 11) is 0. The Bertz CT molecular complexity index is 725. The highest BCUT2D eigenvalue weighted by molar-refractivity contribution is 6.04. The number of H-pyrrole nitrogens is 1. The van der Waals surface area contributed by atoms with Crippen molar-refractivity contribution in [3.63, 3.8) is 0 Å². The van der Waals surface area contributed by atoms with E-state index in [1.165, 1.54) is 0 Å². The van der Waals surface area contributed by atoms with Gasteiger partial charge in [0, 0.05) is 5.39 Å². The van der Waals surface area contributed by atoms with Crippen LogP contribution >= 0.6 is 0 Å². The number of hydrogen-bond donors (Lipinski definition) is 3. The van der Waals surface area contributed by atoms with Crippen LogP contribution in [0.5, 0.6) is 0 Å². The number of benzene rings is 1. The van der Waals surface area contributed by atoms with E-state index >= 15 is 0 Å². The molecule has 3 rings (SSSR count). The minimum absolute atomic E-state index is 0.183. The molecule has 0 radical (unpaired) electrons. The van der Waals surface area contributed by atoms with Crippen LogP contribution in [0, 0.1) is 0 Å². The smallest absolute Gasteiger partial charge is 0.272 e. The van der Waals surface area contributed by atoms with E-state index in [4.69, 9.17) is 0 Å². The van der Waals surface area contributed by atoms with Crippen molar-refractivity contribution in [3.05, 3.63) is 40.3 Å². The normalized spacial score (nSPS) is 22.1. The Morgan fingerprint density at radius 1 is 1.24 bits per heavy atom. The maximum absolute atomic E-state index is 12.4. The Morgan fingerprint density at radius 3 is 2.71 bits per heavy atom. The first-order chi connectivity index (χ1) is 10.2. The standard InChI is InChI=1S/C15H17N3O3/c19-12-8-4-3-7-11(12)16-15(21)13-9-5-1-2-6-10(9)14(20)18-17-13/h1-2,5-6,11-12,19H,3-4,7-8H2,(H,16,21)(H,18,20)/t11-,12-/m1/s1. The van der Waals surface area contributed by atoms with Crippen molar-refractivity contribution < 1.29 is 9.90 Å². The molecule has 6 nitrogen and oxygen atoms in total. The van der Waals surface area contributed by atoms with E-state index in [1.807, 2.05) is 0 Å². The summed E-state index contributed by atoms with van der Waals surface area (Å²) >= 11 is 0. The van der Waals surface area contributed by atoms with Crippen molar-refractivity contribution in [2.75, 3.05) is 0 Å². The van der Waals surface area contributed by atoms with Crippen LogP contribution in [0.25, 0.3) is 10.8 Å². The second-order valence-corrected chi connectivity index (χ2v) is 5.38. The Kier molecular flexibility index (Phi) is 3.70. The largest absolute Gasteiger partial charge is 0.391 e. The molecule has 1 heterocycles. The molecule has 1 aromatic carbocycles. The fraction of sp³-hybridized carbons (Fsp3) is 0.400. The summed E-state index contributed by atoms with van der Waals surface area (Å²) in [6.07, 6.45) is 2.91. The van der Waals surface area contributed by atoms with E-state index in [0.717, 1.165) is 19.3 Å². The summed E-state index contributed by atoms with van der Waals surface area (Å²) in [5.74, 6) is -0.367. The molecule has 1 fully saturated rings. The molecule has 1 saturated carbocycles. The average molecular weight is 287 g/mol. The highest BCUT2D eigenvalue weighted by atomic mass is 16.3. The summed E-state index contributed by atoms with van der Waals surface area (Å²) in [5.41, 5.74) is -0.136. The maximum atomic E-state index is 12.4. The molecule has 1 aliphatic rings. The van der Waals surface area contributed by atoms with Crippen molar-refractivity contribution in [3.8, 4) is 0 Å². The van der Waals surface area contributed by atoms with Crippen LogP contribution in [0.3, 0.4) is 0 Å². The molecule has 21 heavy (non-hydrogen) atoms. The number of carbonyl (C=O) groups is 1. The molecule has 6 heteroatoms. The first-order valence-electron chi connectivity index (χ1n) is 7.13. The molecule has 3 N–H and O–H groups in total. The van der Waals surface area contributed by atoms with E-state index in [0.29, 0.717) is 17.2 Å². The van der Waals surface area contributed by atoms with Crippen molar-refractivity contribution in [1.82, 2.24) is 15.5 Å². The molecule has 2 aromatic rings. The van der Waals surface area contributed by atoms with Gasteiger partial charge in [-0.25, -0.2) is 5.10 Å². The van der Waals surface area contributed by atoms with Gasteiger partial charge in [-0.3, -0.25) is 9.59 Å². The number of fused-ring (bicyclic) bond motifs is 1. The molecule has 1 amide bonds. The quantitative estimate of drug-likeness (QED) is 0.766. The average Bonchev–Trinajstić information content (AvgIpc) is 2.50. The number of nitrogens with one attached hydrogen (secondary N) is 2. The molecule has 0 unspecified atom stereocenters. The van der Waals surface area contributed by atoms with Crippen LogP contribution in [0.1, 0.15) is 36.2 Å². The molecule has 0 aliphatic heterocycles. The highest BCUT2D eigenvalue weighted by Gasteiger charge is 2.26. The lowest BCUT2D eigenvalue weighted by Gasteiger charge is -2.28. The Balaban J connectivity index is 1.91. The first kappa shape index (κ1) is 13.8. The topological polar surface area (TPSA) is 95.1 Å². The number of nitrogens with zero attached hydrogens (tertiary/aromatic N) is 1. The van der Waals surface area contributed by atoms with Crippen LogP contribution in [0.2, 0.25) is 0 Å². The minimum Gasteiger partial charge on any atom is -0.391 e. The molecule has 0 saturated heterocycles. The van der Waals surface area contributed by atoms with Crippen molar-refractivity contribution in [2.24, 2.45) is 0 Å². The zero-order valence-electron chi connectivity index (χ0n) is 11.5. The van der Waals surface area contributed by atoms with Gasteiger partial charge in [-0.05, 0) is 18.9 Å². The molecule has 0 spiro atoms. The van der Waals surface area contributed by atoms with Crippen molar-refractivity contribution in [2.45, 2.75) is 37.8 Å². The molecular formula is C15H17N3O3. The number of aromatic amines is 1. The van der Waals surface area contributed by atoms with E-state index in [9.17, 15) is 14.7 Å². The van der Waals surface area contributed by atoms with Gasteiger partial charge >= 0.3 is 0 Å². The van der Waals surface area contributed by atoms with E-state index in [2.05, 4.69) is 15.5 Å². The van der Waals surface area contributed by atoms with Gasteiger partial charge in [0.05, 0.1) is 17.5 Å². The van der Waals surface area contributed by atoms with Crippen LogP contribution in [-0.2, 0) is 0 Å². The summed E-state index contributed by atoms with van der Waals surface area (Å²) in [4.78, 5) is 24.1. The van der Waals surface area contributed by atoms with Gasteiger partial charge < -0.3 is 10.4 Å². The number of hydrogen-bond acceptors (Lipinski definition) is 4. The fourth-order valence-corrected chi connectivity index (χ4v) is 2.80. The molecule has 2 atom stereocenters. The van der Waals surface area contributed by atoms with Gasteiger partial charge in [-0.1, -0.05) is 31.0 Å². The molecule has 110 valence electrons. The monoisotopic (exact) mass is 287 g/mol. The van der Waals surface area contributed by atoms with Gasteiger partial charge in [0.15, 0.2) is 5.69 Å². The SMILES string of the molecule is O=C(N[C@@H]1CCCC[C@H]1O)c1n[nH]c(=O)c2ccccc12. The number of aliphatic hydroxyl groups is 1. The zero-order valence-corrected chi connectivity index (χ0v) is 11.5. The van der Waals surface area contributed by atoms with Crippen LogP contribution in [0.15, 0.2) is 29.1 Å². The third-order valence-corrected chi connectivity index (χ3v) is 3.96. The molecule has 1 aliphatic carbocycles. The minimum atomic E-state index is -0.517. The van der Waals surface area contributed by atoms with E-state index in [1.54, 1.807) is 24.3 Å². The van der Waals surface area contributed by atoms with E-state index in [-0.39, 0.29) is 23.2 Å². The third kappa shape index (κ3) is 2.67. The van der Waals surface area contributed by atoms with Crippen molar-refractivity contribution >= 4 is 16.7 Å². The number of carbonyl (C=O) groups excluding carboxylic acids is 1. The van der Waals surface area contributed by atoms with Gasteiger partial charge in [-0.2, -0.15) is 5.10 Å².